The lowest BCUT2D eigenvalue weighted by atomic mass is 10.1. The highest BCUT2D eigenvalue weighted by Crippen LogP contribution is 2.42. The molecule has 0 saturated heterocycles. The Kier molecular flexibility index (Phi) is 4.59. The molecule has 1 aliphatic carbocycles. The number of carbonyl (C=O) groups is 1. The van der Waals surface area contributed by atoms with E-state index < -0.39 is 46.2 Å². The lowest BCUT2D eigenvalue weighted by molar-refractivity contribution is 0.102. The Labute approximate surface area is 167 Å². The largest absolute Gasteiger partial charge is 0.306 e. The number of hydrogen-bond donors (Lipinski definition) is 1. The van der Waals surface area contributed by atoms with Gasteiger partial charge in [-0.3, -0.25) is 9.59 Å². The Morgan fingerprint density at radius 2 is 1.90 bits per heavy atom. The predicted molar refractivity (Wildman–Crippen MR) is 101 cm³/mol. The molecule has 30 heavy (non-hydrogen) atoms. The molecule has 0 spiro atoms. The van der Waals surface area contributed by atoms with Crippen LogP contribution in [0.5, 0.6) is 0 Å². The number of aromatic nitrogens is 3. The van der Waals surface area contributed by atoms with Gasteiger partial charge < -0.3 is 9.88 Å². The minimum absolute atomic E-state index is 0.0459. The number of nitrogens with one attached hydrogen (secondary N) is 1. The SMILES string of the molecule is Cc1nc(NC(=O)c2cccc(C(F)F)c2F)c2cn(C3(C)CC3)c(=O)c(F)c2n1. The molecule has 10 heteroatoms. The van der Waals surface area contributed by atoms with Gasteiger partial charge in [0.05, 0.1) is 16.5 Å². The molecule has 1 fully saturated rings. The lowest BCUT2D eigenvalue weighted by Gasteiger charge is -2.16. The fourth-order valence-corrected chi connectivity index (χ4v) is 3.25. The summed E-state index contributed by atoms with van der Waals surface area (Å²) in [6.45, 7) is 3.22. The molecule has 2 aromatic heterocycles. The van der Waals surface area contributed by atoms with Gasteiger partial charge >= 0.3 is 0 Å². The van der Waals surface area contributed by atoms with E-state index in [0.29, 0.717) is 12.8 Å². The average Bonchev–Trinajstić information content (AvgIpc) is 3.43. The quantitative estimate of drug-likeness (QED) is 0.646. The number of amides is 1. The molecule has 0 atom stereocenters. The fraction of sp³-hybridized carbons (Fsp3) is 0.300. The molecule has 2 heterocycles. The molecule has 1 aromatic carbocycles. The van der Waals surface area contributed by atoms with Gasteiger partial charge in [-0.05, 0) is 32.8 Å². The first-order chi connectivity index (χ1) is 14.1. The summed E-state index contributed by atoms with van der Waals surface area (Å²) < 4.78 is 56.2. The van der Waals surface area contributed by atoms with Gasteiger partial charge in [0.25, 0.3) is 17.9 Å². The average molecular weight is 420 g/mol. The number of pyridine rings is 1. The summed E-state index contributed by atoms with van der Waals surface area (Å²) in [5.41, 5.74) is -3.19. The van der Waals surface area contributed by atoms with Crippen molar-refractivity contribution in [3.63, 3.8) is 0 Å². The number of alkyl halides is 2. The number of carbonyl (C=O) groups excluding carboxylic acids is 1. The van der Waals surface area contributed by atoms with E-state index in [2.05, 4.69) is 15.3 Å². The number of fused-ring (bicyclic) bond motifs is 1. The first-order valence-corrected chi connectivity index (χ1v) is 9.10. The molecule has 1 aliphatic rings. The van der Waals surface area contributed by atoms with Crippen molar-refractivity contribution in [1.29, 1.82) is 0 Å². The second-order valence-electron chi connectivity index (χ2n) is 7.46. The smallest absolute Gasteiger partial charge is 0.289 e. The highest BCUT2D eigenvalue weighted by molar-refractivity contribution is 6.07. The van der Waals surface area contributed by atoms with E-state index in [0.717, 1.165) is 18.2 Å². The molecule has 4 rings (SSSR count). The normalized spacial score (nSPS) is 14.9. The molecule has 0 unspecified atom stereocenters. The van der Waals surface area contributed by atoms with Crippen molar-refractivity contribution < 1.29 is 22.4 Å². The molecule has 156 valence electrons. The van der Waals surface area contributed by atoms with Crippen LogP contribution in [0.4, 0.5) is 23.4 Å². The van der Waals surface area contributed by atoms with Crippen molar-refractivity contribution in [2.45, 2.75) is 38.7 Å². The predicted octanol–water partition coefficient (Wildman–Crippen LogP) is 4.08. The van der Waals surface area contributed by atoms with Gasteiger partial charge in [0, 0.05) is 11.7 Å². The molecule has 0 bridgehead atoms. The third kappa shape index (κ3) is 3.21. The van der Waals surface area contributed by atoms with E-state index in [1.165, 1.54) is 17.7 Å². The highest BCUT2D eigenvalue weighted by atomic mass is 19.3. The van der Waals surface area contributed by atoms with Gasteiger partial charge in [-0.15, -0.1) is 0 Å². The molecule has 1 saturated carbocycles. The van der Waals surface area contributed by atoms with E-state index in [1.54, 1.807) is 6.92 Å². The Hall–Kier alpha value is -3.30. The van der Waals surface area contributed by atoms with Gasteiger partial charge in [0.2, 0.25) is 5.82 Å². The van der Waals surface area contributed by atoms with Crippen LogP contribution in [-0.2, 0) is 5.54 Å². The third-order valence-corrected chi connectivity index (χ3v) is 5.23. The zero-order valence-corrected chi connectivity index (χ0v) is 16.0. The van der Waals surface area contributed by atoms with Crippen molar-refractivity contribution in [3.8, 4) is 0 Å². The summed E-state index contributed by atoms with van der Waals surface area (Å²) in [6.07, 6.45) is -0.382. The molecular formula is C20H16F4N4O2. The standard InChI is InChI=1S/C20H16F4N4O2/c1-9-25-15-12(8-28(19(30)14(15)22)20(2)6-7-20)17(26-9)27-18(29)11-5-3-4-10(13(11)21)16(23)24/h3-5,8,16H,6-7H2,1-2H3,(H,25,26,27,29). The summed E-state index contributed by atoms with van der Waals surface area (Å²) in [7, 11) is 0. The van der Waals surface area contributed by atoms with Crippen LogP contribution in [0, 0.1) is 18.6 Å². The van der Waals surface area contributed by atoms with Crippen LogP contribution in [0.25, 0.3) is 10.9 Å². The summed E-state index contributed by atoms with van der Waals surface area (Å²) >= 11 is 0. The van der Waals surface area contributed by atoms with Crippen molar-refractivity contribution >= 4 is 22.6 Å². The Balaban J connectivity index is 1.84. The maximum absolute atomic E-state index is 14.8. The first-order valence-electron chi connectivity index (χ1n) is 9.10. The topological polar surface area (TPSA) is 76.9 Å². The number of halogens is 4. The van der Waals surface area contributed by atoms with Crippen LogP contribution in [0.15, 0.2) is 29.2 Å². The zero-order valence-electron chi connectivity index (χ0n) is 16.0. The van der Waals surface area contributed by atoms with E-state index in [-0.39, 0.29) is 22.5 Å². The summed E-state index contributed by atoms with van der Waals surface area (Å²) in [4.78, 5) is 33.0. The molecule has 6 nitrogen and oxygen atoms in total. The number of rotatable bonds is 4. The molecule has 0 aliphatic heterocycles. The molecule has 3 aromatic rings. The molecular weight excluding hydrogens is 404 g/mol. The minimum atomic E-state index is -3.09. The first kappa shape index (κ1) is 20.0. The van der Waals surface area contributed by atoms with Crippen LogP contribution in [0.3, 0.4) is 0 Å². The van der Waals surface area contributed by atoms with Crippen molar-refractivity contribution in [3.05, 3.63) is 63.3 Å². The maximum Gasteiger partial charge on any atom is 0.289 e. The second kappa shape index (κ2) is 6.89. The zero-order chi connectivity index (χ0) is 21.8. The van der Waals surface area contributed by atoms with Gasteiger partial charge in [-0.25, -0.2) is 23.1 Å². The van der Waals surface area contributed by atoms with Crippen LogP contribution < -0.4 is 10.9 Å². The van der Waals surface area contributed by atoms with E-state index >= 15 is 0 Å². The van der Waals surface area contributed by atoms with Gasteiger partial charge in [0.1, 0.15) is 23.0 Å². The number of hydrogen-bond acceptors (Lipinski definition) is 4. The van der Waals surface area contributed by atoms with Crippen molar-refractivity contribution in [1.82, 2.24) is 14.5 Å². The lowest BCUT2D eigenvalue weighted by Crippen LogP contribution is -2.30. The van der Waals surface area contributed by atoms with Crippen molar-refractivity contribution in [2.75, 3.05) is 5.32 Å². The van der Waals surface area contributed by atoms with Crippen LogP contribution in [0.2, 0.25) is 0 Å². The van der Waals surface area contributed by atoms with Crippen LogP contribution in [-0.4, -0.2) is 20.4 Å². The molecule has 1 N–H and O–H groups in total. The summed E-state index contributed by atoms with van der Waals surface area (Å²) in [6, 6.07) is 3.06. The van der Waals surface area contributed by atoms with Gasteiger partial charge in [-0.1, -0.05) is 12.1 Å². The Bertz CT molecular complexity index is 1250. The number of benzene rings is 1. The minimum Gasteiger partial charge on any atom is -0.306 e. The Morgan fingerprint density at radius 1 is 1.20 bits per heavy atom. The van der Waals surface area contributed by atoms with E-state index in [4.69, 9.17) is 0 Å². The number of nitrogens with zero attached hydrogens (tertiary/aromatic N) is 3. The third-order valence-electron chi connectivity index (χ3n) is 5.23. The highest BCUT2D eigenvalue weighted by Gasteiger charge is 2.41. The van der Waals surface area contributed by atoms with Gasteiger partial charge in [-0.2, -0.15) is 4.39 Å². The summed E-state index contributed by atoms with van der Waals surface area (Å²) in [5, 5.41) is 2.38. The number of anilines is 1. The monoisotopic (exact) mass is 420 g/mol. The maximum atomic E-state index is 14.8. The van der Waals surface area contributed by atoms with E-state index in [1.807, 2.05) is 0 Å². The Morgan fingerprint density at radius 3 is 2.53 bits per heavy atom. The van der Waals surface area contributed by atoms with Crippen LogP contribution >= 0.6 is 0 Å². The summed E-state index contributed by atoms with van der Waals surface area (Å²) in [5.74, 6) is -3.57. The van der Waals surface area contributed by atoms with E-state index in [9.17, 15) is 27.2 Å². The van der Waals surface area contributed by atoms with Crippen molar-refractivity contribution in [2.24, 2.45) is 0 Å². The molecule has 0 radical (unpaired) electrons. The molecule has 1 amide bonds. The fourth-order valence-electron chi connectivity index (χ4n) is 3.25. The van der Waals surface area contributed by atoms with Gasteiger partial charge in [0.15, 0.2) is 0 Å². The van der Waals surface area contributed by atoms with Crippen LogP contribution in [0.1, 0.15) is 47.9 Å². The second-order valence-corrected chi connectivity index (χ2v) is 7.46. The number of aryl methyl sites for hydroxylation is 1.